The fraction of sp³-hybridized carbons (Fsp3) is 0.250. The number of amides is 1. The van der Waals surface area contributed by atoms with Gasteiger partial charge < -0.3 is 15.2 Å². The van der Waals surface area contributed by atoms with Crippen molar-refractivity contribution in [2.75, 3.05) is 0 Å². The van der Waals surface area contributed by atoms with Gasteiger partial charge in [0.25, 0.3) is 5.91 Å². The molecule has 1 atom stereocenters. The smallest absolute Gasteiger partial charge is 0.326 e. The molecule has 0 heterocycles. The minimum absolute atomic E-state index is 0.0835. The van der Waals surface area contributed by atoms with E-state index in [4.69, 9.17) is 4.74 Å². The molecule has 0 aliphatic rings. The summed E-state index contributed by atoms with van der Waals surface area (Å²) in [5.41, 5.74) is -0.870. The molecular formula is C24H23F6NO4S. The number of carboxylic acid groups (broad SMARTS) is 1. The van der Waals surface area contributed by atoms with Crippen LogP contribution in [0.4, 0.5) is 23.8 Å². The van der Waals surface area contributed by atoms with Crippen molar-refractivity contribution in [1.29, 1.82) is 0 Å². The highest BCUT2D eigenvalue weighted by atomic mass is 32.5. The number of aliphatic carboxylic acids is 1. The summed E-state index contributed by atoms with van der Waals surface area (Å²) in [7, 11) is -9.84. The number of halogens is 6. The predicted molar refractivity (Wildman–Crippen MR) is 124 cm³/mol. The number of carbonyl (C=O) groups excluding carboxylic acids is 1. The molecule has 3 rings (SSSR count). The van der Waals surface area contributed by atoms with Gasteiger partial charge in [-0.3, -0.25) is 4.79 Å². The second-order valence-corrected chi connectivity index (χ2v) is 11.7. The Morgan fingerprint density at radius 2 is 1.58 bits per heavy atom. The molecule has 5 nitrogen and oxygen atoms in total. The molecule has 2 N–H and O–H groups in total. The molecule has 0 aliphatic heterocycles. The monoisotopic (exact) mass is 535 g/mol. The van der Waals surface area contributed by atoms with Crippen LogP contribution in [0.1, 0.15) is 36.7 Å². The topological polar surface area (TPSA) is 75.6 Å². The summed E-state index contributed by atoms with van der Waals surface area (Å²) in [6.07, 6.45) is 0. The van der Waals surface area contributed by atoms with Gasteiger partial charge in [-0.25, -0.2) is 9.18 Å². The van der Waals surface area contributed by atoms with Gasteiger partial charge in [-0.15, -0.1) is 0 Å². The van der Waals surface area contributed by atoms with Gasteiger partial charge in [0.2, 0.25) is 0 Å². The average Bonchev–Trinajstić information content (AvgIpc) is 2.73. The average molecular weight is 536 g/mol. The first-order valence-corrected chi connectivity index (χ1v) is 12.4. The van der Waals surface area contributed by atoms with E-state index in [1.165, 1.54) is 24.3 Å². The van der Waals surface area contributed by atoms with Gasteiger partial charge in [0.05, 0.1) is 5.56 Å². The Kier molecular flexibility index (Phi) is 6.29. The molecule has 0 aromatic heterocycles. The molecule has 0 fully saturated rings. The van der Waals surface area contributed by atoms with E-state index in [1.54, 1.807) is 20.8 Å². The number of benzene rings is 3. The summed E-state index contributed by atoms with van der Waals surface area (Å²) in [6.45, 7) is 4.42. The second-order valence-electron chi connectivity index (χ2n) is 9.32. The summed E-state index contributed by atoms with van der Waals surface area (Å²) >= 11 is 0. The number of hydrogen-bond donors (Lipinski definition) is 2. The van der Waals surface area contributed by atoms with Crippen LogP contribution < -0.4 is 10.1 Å². The maximum atomic E-state index is 13.7. The van der Waals surface area contributed by atoms with E-state index in [-0.39, 0.29) is 34.4 Å². The molecule has 3 aromatic rings. The van der Waals surface area contributed by atoms with Gasteiger partial charge in [0.15, 0.2) is 0 Å². The molecule has 36 heavy (non-hydrogen) atoms. The molecule has 0 aliphatic carbocycles. The molecule has 3 aromatic carbocycles. The molecule has 196 valence electrons. The molecule has 0 bridgehead atoms. The Balaban J connectivity index is 1.98. The highest BCUT2D eigenvalue weighted by Gasteiger charge is 2.65. The van der Waals surface area contributed by atoms with E-state index in [0.29, 0.717) is 5.39 Å². The molecule has 0 radical (unpaired) electrons. The number of ether oxygens (including phenoxy) is 1. The molecule has 0 saturated carbocycles. The quantitative estimate of drug-likeness (QED) is 0.308. The lowest BCUT2D eigenvalue weighted by molar-refractivity contribution is -0.142. The largest absolute Gasteiger partial charge is 0.487 e. The van der Waals surface area contributed by atoms with Crippen molar-refractivity contribution in [3.8, 4) is 5.75 Å². The van der Waals surface area contributed by atoms with Crippen molar-refractivity contribution in [3.63, 3.8) is 0 Å². The van der Waals surface area contributed by atoms with E-state index in [9.17, 15) is 38.5 Å². The van der Waals surface area contributed by atoms with Crippen LogP contribution in [-0.4, -0.2) is 23.0 Å². The lowest BCUT2D eigenvalue weighted by Crippen LogP contribution is -2.49. The second kappa shape index (κ2) is 8.32. The minimum Gasteiger partial charge on any atom is -0.487 e. The normalized spacial score (nSPS) is 15.0. The predicted octanol–water partition coefficient (Wildman–Crippen LogP) is 7.44. The molecular weight excluding hydrogens is 512 g/mol. The lowest BCUT2D eigenvalue weighted by Gasteiger charge is -2.40. The van der Waals surface area contributed by atoms with Gasteiger partial charge >= 0.3 is 16.2 Å². The van der Waals surface area contributed by atoms with Crippen LogP contribution in [0.25, 0.3) is 10.8 Å². The standard InChI is InChI=1S/C24H23F6NO4S/c1-24(2,3)21(23(33)34)31-22(32)19-10-6-15-12-16(25)7-11-18(15)20(19)35-13-14-4-8-17(9-5-14)36(26,27,28,29)30/h4-12,21H,13H2,1-3H3,(H,31,32)(H,33,34). The molecule has 0 saturated heterocycles. The molecule has 0 spiro atoms. The zero-order valence-corrected chi connectivity index (χ0v) is 20.1. The first kappa shape index (κ1) is 27.2. The van der Waals surface area contributed by atoms with Crippen LogP contribution >= 0.6 is 10.2 Å². The van der Waals surface area contributed by atoms with E-state index >= 15 is 0 Å². The maximum Gasteiger partial charge on any atom is 0.326 e. The number of nitrogens with one attached hydrogen (secondary N) is 1. The number of carboxylic acids is 1. The van der Waals surface area contributed by atoms with Crippen LogP contribution in [-0.2, 0) is 11.4 Å². The Bertz CT molecular complexity index is 1340. The van der Waals surface area contributed by atoms with Crippen LogP contribution in [0.2, 0.25) is 0 Å². The van der Waals surface area contributed by atoms with Crippen molar-refractivity contribution in [2.24, 2.45) is 5.41 Å². The summed E-state index contributed by atoms with van der Waals surface area (Å²) in [4.78, 5) is 22.7. The third-order valence-corrected chi connectivity index (χ3v) is 6.48. The molecule has 1 unspecified atom stereocenters. The SMILES string of the molecule is CC(C)(C)C(NC(=O)c1ccc2cc(F)ccc2c1OCc1ccc(S(F)(F)(F)(F)F)cc1)C(=O)O. The van der Waals surface area contributed by atoms with Gasteiger partial charge in [-0.05, 0) is 52.8 Å². The van der Waals surface area contributed by atoms with E-state index < -0.39 is 50.9 Å². The molecule has 12 heteroatoms. The van der Waals surface area contributed by atoms with E-state index in [1.807, 2.05) is 0 Å². The number of carbonyl (C=O) groups is 2. The summed E-state index contributed by atoms with van der Waals surface area (Å²) in [6, 6.07) is 7.17. The van der Waals surface area contributed by atoms with Crippen LogP contribution in [0.5, 0.6) is 5.75 Å². The van der Waals surface area contributed by atoms with Gasteiger partial charge in [0.1, 0.15) is 29.1 Å². The van der Waals surface area contributed by atoms with Crippen molar-refractivity contribution < 1.29 is 43.3 Å². The zero-order valence-electron chi connectivity index (χ0n) is 19.3. The number of hydrogen-bond acceptors (Lipinski definition) is 3. The fourth-order valence-corrected chi connectivity index (χ4v) is 4.11. The minimum atomic E-state index is -9.84. The fourth-order valence-electron chi connectivity index (χ4n) is 3.46. The van der Waals surface area contributed by atoms with Crippen LogP contribution in [0.15, 0.2) is 59.5 Å². The summed E-state index contributed by atoms with van der Waals surface area (Å²) < 4.78 is 84.3. The Hall–Kier alpha value is -3.41. The first-order chi connectivity index (χ1) is 16.3. The Morgan fingerprint density at radius 3 is 2.11 bits per heavy atom. The summed E-state index contributed by atoms with van der Waals surface area (Å²) in [5.74, 6) is -2.74. The van der Waals surface area contributed by atoms with Crippen LogP contribution in [0.3, 0.4) is 0 Å². The maximum absolute atomic E-state index is 13.7. The highest BCUT2D eigenvalue weighted by Crippen LogP contribution is 3.02. The lowest BCUT2D eigenvalue weighted by atomic mass is 9.86. The highest BCUT2D eigenvalue weighted by molar-refractivity contribution is 8.45. The first-order valence-electron chi connectivity index (χ1n) is 10.5. The number of rotatable bonds is 7. The van der Waals surface area contributed by atoms with E-state index in [2.05, 4.69) is 5.32 Å². The van der Waals surface area contributed by atoms with Gasteiger partial charge in [-0.1, -0.05) is 58.4 Å². The van der Waals surface area contributed by atoms with Crippen LogP contribution in [0, 0.1) is 11.2 Å². The third-order valence-electron chi connectivity index (χ3n) is 5.32. The summed E-state index contributed by atoms with van der Waals surface area (Å²) in [5, 5.41) is 12.6. The van der Waals surface area contributed by atoms with Crippen molar-refractivity contribution in [3.05, 3.63) is 71.5 Å². The number of fused-ring (bicyclic) bond motifs is 1. The van der Waals surface area contributed by atoms with E-state index in [0.717, 1.165) is 18.2 Å². The third kappa shape index (κ3) is 6.23. The zero-order chi connectivity index (χ0) is 27.2. The molecule has 1 amide bonds. The van der Waals surface area contributed by atoms with Crippen molar-refractivity contribution in [2.45, 2.75) is 38.3 Å². The van der Waals surface area contributed by atoms with Gasteiger partial charge in [0, 0.05) is 5.39 Å². The Morgan fingerprint density at radius 1 is 0.972 bits per heavy atom. The van der Waals surface area contributed by atoms with Crippen molar-refractivity contribution in [1.82, 2.24) is 5.32 Å². The van der Waals surface area contributed by atoms with Gasteiger partial charge in [-0.2, -0.15) is 0 Å². The Labute approximate surface area is 202 Å². The van der Waals surface area contributed by atoms with Crippen molar-refractivity contribution >= 4 is 32.9 Å².